The van der Waals surface area contributed by atoms with Gasteiger partial charge in [-0.2, -0.15) is 0 Å². The third-order valence-corrected chi connectivity index (χ3v) is 10.1. The molecule has 2 amide bonds. The van der Waals surface area contributed by atoms with Gasteiger partial charge in [-0.1, -0.05) is 85.1 Å². The van der Waals surface area contributed by atoms with E-state index in [9.17, 15) is 18.0 Å². The molecule has 0 saturated heterocycles. The number of benzene rings is 4. The molecule has 10 heteroatoms. The van der Waals surface area contributed by atoms with E-state index in [1.807, 2.05) is 57.2 Å². The average Bonchev–Trinajstić information content (AvgIpc) is 3.04. The molecular weight excluding hydrogens is 641 g/mol. The molecule has 0 spiro atoms. The second-order valence-corrected chi connectivity index (χ2v) is 14.0. The molecule has 242 valence electrons. The summed E-state index contributed by atoms with van der Waals surface area (Å²) in [4.78, 5) is 29.8. The molecular formula is C36H39Cl2N3O4S. The lowest BCUT2D eigenvalue weighted by atomic mass is 10.0. The Bertz CT molecular complexity index is 1730. The minimum absolute atomic E-state index is 0.00896. The van der Waals surface area contributed by atoms with Gasteiger partial charge < -0.3 is 10.2 Å². The molecule has 0 heterocycles. The second-order valence-electron chi connectivity index (χ2n) is 11.2. The molecule has 4 aromatic carbocycles. The maximum absolute atomic E-state index is 14.5. The number of unbranched alkanes of at least 4 members (excludes halogenated alkanes) is 1. The first kappa shape index (κ1) is 35.0. The molecule has 0 aliphatic carbocycles. The Morgan fingerprint density at radius 2 is 1.43 bits per heavy atom. The topological polar surface area (TPSA) is 86.8 Å². The highest BCUT2D eigenvalue weighted by Gasteiger charge is 2.34. The van der Waals surface area contributed by atoms with Crippen molar-refractivity contribution in [3.63, 3.8) is 0 Å². The molecule has 0 aromatic heterocycles. The van der Waals surface area contributed by atoms with E-state index in [0.29, 0.717) is 22.3 Å². The number of rotatable bonds is 14. The van der Waals surface area contributed by atoms with Crippen LogP contribution in [0.25, 0.3) is 0 Å². The molecule has 0 aliphatic rings. The maximum atomic E-state index is 14.5. The molecule has 0 radical (unpaired) electrons. The number of anilines is 1. The first-order valence-corrected chi connectivity index (χ1v) is 17.4. The van der Waals surface area contributed by atoms with E-state index in [2.05, 4.69) is 5.32 Å². The molecule has 0 unspecified atom stereocenters. The fourth-order valence-electron chi connectivity index (χ4n) is 4.99. The number of hydrogen-bond acceptors (Lipinski definition) is 4. The van der Waals surface area contributed by atoms with Crippen LogP contribution in [0, 0.1) is 13.8 Å². The Labute approximate surface area is 282 Å². The molecule has 46 heavy (non-hydrogen) atoms. The van der Waals surface area contributed by atoms with Crippen LogP contribution in [0.2, 0.25) is 10.0 Å². The predicted octanol–water partition coefficient (Wildman–Crippen LogP) is 7.36. The number of aryl methyl sites for hydroxylation is 2. The van der Waals surface area contributed by atoms with Gasteiger partial charge in [0.25, 0.3) is 10.0 Å². The van der Waals surface area contributed by atoms with Crippen molar-refractivity contribution in [2.75, 3.05) is 17.4 Å². The number of nitrogens with zero attached hydrogens (tertiary/aromatic N) is 2. The summed E-state index contributed by atoms with van der Waals surface area (Å²) in [7, 11) is -4.22. The van der Waals surface area contributed by atoms with Crippen LogP contribution in [0.1, 0.15) is 42.0 Å². The van der Waals surface area contributed by atoms with Crippen LogP contribution < -0.4 is 9.62 Å². The Balaban J connectivity index is 1.80. The second kappa shape index (κ2) is 16.1. The molecule has 0 saturated carbocycles. The van der Waals surface area contributed by atoms with Crippen molar-refractivity contribution in [3.8, 4) is 0 Å². The van der Waals surface area contributed by atoms with Crippen molar-refractivity contribution in [1.29, 1.82) is 0 Å². The van der Waals surface area contributed by atoms with Gasteiger partial charge in [-0.3, -0.25) is 13.9 Å². The largest absolute Gasteiger partial charge is 0.354 e. The van der Waals surface area contributed by atoms with Crippen molar-refractivity contribution >= 4 is 50.7 Å². The highest BCUT2D eigenvalue weighted by Crippen LogP contribution is 2.28. The van der Waals surface area contributed by atoms with Crippen molar-refractivity contribution < 1.29 is 18.0 Å². The fourth-order valence-corrected chi connectivity index (χ4v) is 6.65. The summed E-state index contributed by atoms with van der Waals surface area (Å²) in [6.45, 7) is 5.85. The summed E-state index contributed by atoms with van der Waals surface area (Å²) in [5.74, 6) is -0.838. The van der Waals surface area contributed by atoms with Crippen molar-refractivity contribution in [3.05, 3.63) is 129 Å². The lowest BCUT2D eigenvalue weighted by molar-refractivity contribution is -0.140. The van der Waals surface area contributed by atoms with E-state index >= 15 is 0 Å². The van der Waals surface area contributed by atoms with Gasteiger partial charge in [-0.25, -0.2) is 8.42 Å². The molecule has 4 aromatic rings. The molecule has 1 N–H and O–H groups in total. The summed E-state index contributed by atoms with van der Waals surface area (Å²) in [6, 6.07) is 26.7. The zero-order valence-corrected chi connectivity index (χ0v) is 28.6. The van der Waals surface area contributed by atoms with Crippen molar-refractivity contribution in [2.45, 2.75) is 57.5 Å². The van der Waals surface area contributed by atoms with E-state index in [-0.39, 0.29) is 23.8 Å². The molecule has 0 aliphatic heterocycles. The van der Waals surface area contributed by atoms with Crippen LogP contribution in [0.15, 0.2) is 102 Å². The Morgan fingerprint density at radius 1 is 0.804 bits per heavy atom. The van der Waals surface area contributed by atoms with E-state index in [1.54, 1.807) is 36.4 Å². The maximum Gasteiger partial charge on any atom is 0.264 e. The third-order valence-electron chi connectivity index (χ3n) is 7.83. The minimum atomic E-state index is -4.22. The van der Waals surface area contributed by atoms with E-state index < -0.39 is 28.5 Å². The highest BCUT2D eigenvalue weighted by atomic mass is 35.5. The van der Waals surface area contributed by atoms with Crippen LogP contribution >= 0.6 is 23.2 Å². The lowest BCUT2D eigenvalue weighted by Crippen LogP contribution is -2.53. The highest BCUT2D eigenvalue weighted by molar-refractivity contribution is 7.92. The summed E-state index contributed by atoms with van der Waals surface area (Å²) < 4.78 is 29.5. The monoisotopic (exact) mass is 679 g/mol. The van der Waals surface area contributed by atoms with Crippen molar-refractivity contribution in [1.82, 2.24) is 10.2 Å². The number of halogens is 2. The number of sulfonamides is 1. The quantitative estimate of drug-likeness (QED) is 0.141. The predicted molar refractivity (Wildman–Crippen MR) is 186 cm³/mol. The van der Waals surface area contributed by atoms with Crippen molar-refractivity contribution in [2.24, 2.45) is 0 Å². The Hall–Kier alpha value is -3.85. The van der Waals surface area contributed by atoms with Crippen LogP contribution in [0.4, 0.5) is 5.69 Å². The fraction of sp³-hybridized carbons (Fsp3) is 0.278. The first-order valence-electron chi connectivity index (χ1n) is 15.2. The number of carbonyl (C=O) groups excluding carboxylic acids is 2. The zero-order chi connectivity index (χ0) is 33.3. The number of hydrogen-bond donors (Lipinski definition) is 1. The van der Waals surface area contributed by atoms with Gasteiger partial charge in [0, 0.05) is 29.6 Å². The van der Waals surface area contributed by atoms with Crippen LogP contribution in [0.5, 0.6) is 0 Å². The van der Waals surface area contributed by atoms with E-state index in [0.717, 1.165) is 39.4 Å². The van der Waals surface area contributed by atoms with Crippen LogP contribution in [-0.2, 0) is 32.6 Å². The third kappa shape index (κ3) is 9.12. The summed E-state index contributed by atoms with van der Waals surface area (Å²) in [6.07, 6.45) is 1.92. The lowest BCUT2D eigenvalue weighted by Gasteiger charge is -2.34. The molecule has 0 fully saturated rings. The van der Waals surface area contributed by atoms with E-state index in [4.69, 9.17) is 23.2 Å². The first-order chi connectivity index (χ1) is 22.0. The average molecular weight is 681 g/mol. The number of nitrogens with one attached hydrogen (secondary N) is 1. The number of carbonyl (C=O) groups is 2. The normalized spacial score (nSPS) is 11.9. The summed E-state index contributed by atoms with van der Waals surface area (Å²) in [5.41, 5.74) is 3.80. The minimum Gasteiger partial charge on any atom is -0.354 e. The van der Waals surface area contributed by atoms with Crippen LogP contribution in [-0.4, -0.2) is 44.3 Å². The van der Waals surface area contributed by atoms with Gasteiger partial charge in [-0.15, -0.1) is 0 Å². The molecule has 4 rings (SSSR count). The SMILES string of the molecule is CCCCNC(=O)[C@@H](Cc1ccccc1)N(Cc1ccc(Cl)cc1)C(=O)CN(c1ccc(C)c(C)c1)S(=O)(=O)c1ccc(Cl)cc1. The summed E-state index contributed by atoms with van der Waals surface area (Å²) in [5, 5.41) is 3.92. The Kier molecular flexibility index (Phi) is 12.3. The van der Waals surface area contributed by atoms with Gasteiger partial charge in [0.1, 0.15) is 12.6 Å². The van der Waals surface area contributed by atoms with Gasteiger partial charge in [0.15, 0.2) is 0 Å². The van der Waals surface area contributed by atoms with Gasteiger partial charge in [0.2, 0.25) is 11.8 Å². The molecule has 0 bridgehead atoms. The molecule has 1 atom stereocenters. The smallest absolute Gasteiger partial charge is 0.264 e. The van der Waals surface area contributed by atoms with Gasteiger partial charge in [-0.05, 0) is 91.1 Å². The van der Waals surface area contributed by atoms with E-state index in [1.165, 1.54) is 29.2 Å². The summed E-state index contributed by atoms with van der Waals surface area (Å²) >= 11 is 12.2. The van der Waals surface area contributed by atoms with Gasteiger partial charge in [0.05, 0.1) is 10.6 Å². The van der Waals surface area contributed by atoms with Crippen LogP contribution in [0.3, 0.4) is 0 Å². The standard InChI is InChI=1S/C36H39Cl2N3O4S/c1-4-5-21-39-36(43)34(23-28-9-7-6-8-10-28)40(24-29-12-14-30(37)15-13-29)35(42)25-41(32-18-11-26(2)27(3)22-32)46(44,45)33-19-16-31(38)17-20-33/h6-20,22,34H,4-5,21,23-25H2,1-3H3,(H,39,43)/t34-/m1/s1. The molecule has 7 nitrogen and oxygen atoms in total. The zero-order valence-electron chi connectivity index (χ0n) is 26.2. The Morgan fingerprint density at radius 3 is 2.04 bits per heavy atom. The van der Waals surface area contributed by atoms with Gasteiger partial charge >= 0.3 is 0 Å². The number of amides is 2.